The molecular weight excluding hydrogens is 830 g/mol. The first-order chi connectivity index (χ1) is 24.8. The van der Waals surface area contributed by atoms with E-state index in [-0.39, 0.29) is 37.3 Å². The summed E-state index contributed by atoms with van der Waals surface area (Å²) in [7, 11) is 0. The maximum Gasteiger partial charge on any atom is 0.148 e. The number of imidazole rings is 1. The third kappa shape index (κ3) is 6.46. The number of nitrogens with zero attached hydrogens (tertiary/aromatic N) is 3. The van der Waals surface area contributed by atoms with Gasteiger partial charge in [0.1, 0.15) is 11.6 Å². The largest absolute Gasteiger partial charge is 0.507 e. The maximum absolute atomic E-state index is 12.4. The molecule has 2 heterocycles. The van der Waals surface area contributed by atoms with Crippen molar-refractivity contribution in [1.82, 2.24) is 14.5 Å². The van der Waals surface area contributed by atoms with Gasteiger partial charge >= 0.3 is 0 Å². The smallest absolute Gasteiger partial charge is 0.148 e. The monoisotopic (exact) mass is 875 g/mol. The number of hydrogen-bond acceptors (Lipinski definition) is 3. The molecule has 1 aliphatic rings. The number of benzene rings is 5. The molecule has 0 bridgehead atoms. The van der Waals surface area contributed by atoms with Crippen LogP contribution in [-0.2, 0) is 37.3 Å². The van der Waals surface area contributed by atoms with E-state index >= 15 is 0 Å². The molecule has 0 radical (unpaired) electrons. The number of phenols is 1. The summed E-state index contributed by atoms with van der Waals surface area (Å²) in [6.45, 7) is 15.8. The number of fused-ring (bicyclic) bond motifs is 2. The average Bonchev–Trinajstić information content (AvgIpc) is 3.53. The Morgan fingerprint density at radius 2 is 1.38 bits per heavy atom. The van der Waals surface area contributed by atoms with Gasteiger partial charge in [0.05, 0.1) is 22.3 Å². The van der Waals surface area contributed by atoms with Crippen molar-refractivity contribution >= 4 is 11.0 Å². The van der Waals surface area contributed by atoms with Crippen LogP contribution in [0, 0.1) is 6.07 Å². The summed E-state index contributed by atoms with van der Waals surface area (Å²) in [5.74, 6) is 1.03. The molecule has 5 aromatic carbocycles. The molecule has 0 atom stereocenters. The first-order valence-electron chi connectivity index (χ1n) is 18.4. The Morgan fingerprint density at radius 3 is 2.11 bits per heavy atom. The fraction of sp³-hybridized carbons (Fsp3) is 0.250. The van der Waals surface area contributed by atoms with Crippen molar-refractivity contribution in [2.75, 3.05) is 0 Å². The molecule has 1 aliphatic carbocycles. The molecule has 0 fully saturated rings. The Labute approximate surface area is 328 Å². The number of aromatic hydroxyl groups is 1. The molecule has 270 valence electrons. The van der Waals surface area contributed by atoms with Gasteiger partial charge in [-0.3, -0.25) is 9.55 Å². The first kappa shape index (κ1) is 36.6. The van der Waals surface area contributed by atoms with Gasteiger partial charge in [-0.25, -0.2) is 4.98 Å². The predicted octanol–water partition coefficient (Wildman–Crippen LogP) is 12.2. The molecule has 0 unspecified atom stereocenters. The van der Waals surface area contributed by atoms with Crippen molar-refractivity contribution in [3.63, 3.8) is 0 Å². The third-order valence-electron chi connectivity index (χ3n) is 11.1. The Bertz CT molecular complexity index is 2450. The third-order valence-corrected chi connectivity index (χ3v) is 11.1. The molecule has 0 amide bonds. The summed E-state index contributed by atoms with van der Waals surface area (Å²) >= 11 is 0. The van der Waals surface area contributed by atoms with Crippen LogP contribution in [0.25, 0.3) is 61.6 Å². The minimum absolute atomic E-state index is 0. The summed E-state index contributed by atoms with van der Waals surface area (Å²) < 4.78 is 2.25. The van der Waals surface area contributed by atoms with E-state index in [0.29, 0.717) is 11.6 Å². The molecule has 0 aliphatic heterocycles. The van der Waals surface area contributed by atoms with Crippen molar-refractivity contribution in [2.24, 2.45) is 0 Å². The average molecular weight is 876 g/mol. The number of hydrogen-bond donors (Lipinski definition) is 1. The van der Waals surface area contributed by atoms with E-state index in [0.717, 1.165) is 74.2 Å². The van der Waals surface area contributed by atoms with Gasteiger partial charge in [-0.15, -0.1) is 29.3 Å². The second-order valence-electron chi connectivity index (χ2n) is 16.6. The number of pyridine rings is 1. The van der Waals surface area contributed by atoms with Gasteiger partial charge in [-0.2, -0.15) is 0 Å². The van der Waals surface area contributed by atoms with Crippen molar-refractivity contribution in [3.05, 3.63) is 144 Å². The molecule has 4 nitrogen and oxygen atoms in total. The standard InChI is InChI=1S/C48H46N3O.Pt/c1-46(2,3)34-29-32(28-33(30-34)39-20-13-14-27-49-39)36-19-15-22-41-43(36)50-45(51(41)40-21-12-11-18-35(40)31-16-9-8-10-17-31)37-23-24-38-42(44(37)52)48(6,7)26-25-47(38,4)5;/h8-24,27,29-30,52H,25-26H2,1-7H3;/q-1;. The minimum Gasteiger partial charge on any atom is -0.507 e. The van der Waals surface area contributed by atoms with Crippen LogP contribution in [0.15, 0.2) is 121 Å². The van der Waals surface area contributed by atoms with Gasteiger partial charge < -0.3 is 5.11 Å². The summed E-state index contributed by atoms with van der Waals surface area (Å²) in [5, 5.41) is 12.4. The van der Waals surface area contributed by atoms with Crippen LogP contribution in [0.4, 0.5) is 0 Å². The molecule has 5 heteroatoms. The number of aromatic nitrogens is 3. The molecule has 0 spiro atoms. The van der Waals surface area contributed by atoms with E-state index in [9.17, 15) is 5.11 Å². The molecule has 2 aromatic heterocycles. The first-order valence-corrected chi connectivity index (χ1v) is 18.4. The van der Waals surface area contributed by atoms with Gasteiger partial charge in [0.15, 0.2) is 0 Å². The van der Waals surface area contributed by atoms with E-state index in [1.807, 2.05) is 30.5 Å². The molecule has 53 heavy (non-hydrogen) atoms. The van der Waals surface area contributed by atoms with E-state index in [4.69, 9.17) is 9.97 Å². The van der Waals surface area contributed by atoms with Crippen molar-refractivity contribution in [1.29, 1.82) is 0 Å². The predicted molar refractivity (Wildman–Crippen MR) is 215 cm³/mol. The Morgan fingerprint density at radius 1 is 0.698 bits per heavy atom. The molecule has 1 N–H and O–H groups in total. The number of rotatable bonds is 5. The molecule has 0 saturated heterocycles. The van der Waals surface area contributed by atoms with Crippen molar-refractivity contribution < 1.29 is 26.2 Å². The van der Waals surface area contributed by atoms with Gasteiger partial charge in [0.25, 0.3) is 0 Å². The van der Waals surface area contributed by atoms with Crippen LogP contribution in [0.2, 0.25) is 0 Å². The summed E-state index contributed by atoms with van der Waals surface area (Å²) in [5.41, 5.74) is 12.7. The van der Waals surface area contributed by atoms with Gasteiger partial charge in [-0.05, 0) is 64.5 Å². The fourth-order valence-electron chi connectivity index (χ4n) is 7.99. The molecule has 8 rings (SSSR count). The SMILES string of the molecule is CC(C)(C)c1cc(-c2ccccn2)[c-]c(-c2cccc3c2nc(-c2ccc4c(c2O)C(C)(C)CCC4(C)C)n3-c2ccccc2-c2ccccc2)c1.[Pt]. The van der Waals surface area contributed by atoms with E-state index in [1.165, 1.54) is 11.1 Å². The quantitative estimate of drug-likeness (QED) is 0.175. The van der Waals surface area contributed by atoms with E-state index in [1.54, 1.807) is 0 Å². The molecular formula is C48H46N3OPt-. The minimum atomic E-state index is -0.181. The van der Waals surface area contributed by atoms with E-state index < -0.39 is 0 Å². The second-order valence-corrected chi connectivity index (χ2v) is 16.6. The van der Waals surface area contributed by atoms with Crippen LogP contribution >= 0.6 is 0 Å². The van der Waals surface area contributed by atoms with Crippen LogP contribution in [0.5, 0.6) is 5.75 Å². The summed E-state index contributed by atoms with van der Waals surface area (Å²) in [4.78, 5) is 10.2. The zero-order chi connectivity index (χ0) is 36.4. The zero-order valence-corrected chi connectivity index (χ0v) is 33.8. The number of phenolic OH excluding ortho intramolecular Hbond substituents is 1. The fourth-order valence-corrected chi connectivity index (χ4v) is 7.99. The van der Waals surface area contributed by atoms with Crippen LogP contribution in [0.3, 0.4) is 0 Å². The number of para-hydroxylation sites is 2. The van der Waals surface area contributed by atoms with Gasteiger partial charge in [0, 0.05) is 44.1 Å². The second kappa shape index (κ2) is 13.6. The van der Waals surface area contributed by atoms with Crippen molar-refractivity contribution in [2.45, 2.75) is 77.6 Å². The zero-order valence-electron chi connectivity index (χ0n) is 31.6. The van der Waals surface area contributed by atoms with E-state index in [2.05, 4.69) is 150 Å². The van der Waals surface area contributed by atoms with Gasteiger partial charge in [-0.1, -0.05) is 138 Å². The van der Waals surface area contributed by atoms with Crippen molar-refractivity contribution in [3.8, 4) is 56.3 Å². The van der Waals surface area contributed by atoms with Crippen LogP contribution < -0.4 is 0 Å². The summed E-state index contributed by atoms with van der Waals surface area (Å²) in [6, 6.07) is 43.9. The van der Waals surface area contributed by atoms with Crippen LogP contribution in [-0.4, -0.2) is 19.6 Å². The molecule has 0 saturated carbocycles. The van der Waals surface area contributed by atoms with Crippen LogP contribution in [0.1, 0.15) is 78.0 Å². The Hall–Kier alpha value is -4.79. The summed E-state index contributed by atoms with van der Waals surface area (Å²) in [6.07, 6.45) is 3.90. The topological polar surface area (TPSA) is 50.9 Å². The maximum atomic E-state index is 12.4. The Balaban J connectivity index is 0.00000435. The normalized spacial score (nSPS) is 14.8. The van der Waals surface area contributed by atoms with Gasteiger partial charge in [0.2, 0.25) is 0 Å². The Kier molecular flexibility index (Phi) is 9.36. The molecule has 7 aromatic rings.